The molecule has 3 aliphatic carbocycles. The fourth-order valence-corrected chi connectivity index (χ4v) is 11.1. The number of benzene rings is 5. The molecule has 0 radical (unpaired) electrons. The lowest BCUT2D eigenvalue weighted by Crippen LogP contribution is -2.38. The molecule has 4 unspecified atom stereocenters. The summed E-state index contributed by atoms with van der Waals surface area (Å²) in [5.74, 6) is 3.46. The SMILES string of the molecule is COc1ccc(C2(c3ccc(OC)c(N4CCOCC4)c3)C=Cc3c4c(c5cc6c(cc5c3O2)OC(F)(F)N6C)-c2ccccc2C42CC3CCC2C3)cc1. The van der Waals surface area contributed by atoms with Gasteiger partial charge in [0.15, 0.2) is 11.4 Å². The summed E-state index contributed by atoms with van der Waals surface area (Å²) in [6.45, 7) is 2.73. The van der Waals surface area contributed by atoms with Crippen molar-refractivity contribution in [2.45, 2.75) is 42.9 Å². The van der Waals surface area contributed by atoms with E-state index in [4.69, 9.17) is 23.7 Å². The van der Waals surface area contributed by atoms with Gasteiger partial charge < -0.3 is 28.6 Å². The van der Waals surface area contributed by atoms with Gasteiger partial charge >= 0.3 is 6.23 Å². The van der Waals surface area contributed by atoms with Gasteiger partial charge in [0.2, 0.25) is 0 Å². The Morgan fingerprint density at radius 1 is 0.818 bits per heavy atom. The van der Waals surface area contributed by atoms with Crippen molar-refractivity contribution >= 4 is 28.2 Å². The first-order valence-corrected chi connectivity index (χ1v) is 19.4. The van der Waals surface area contributed by atoms with E-state index >= 15 is 8.78 Å². The molecular formula is C46H42F2N2O5. The van der Waals surface area contributed by atoms with E-state index in [0.717, 1.165) is 74.6 Å². The highest BCUT2D eigenvalue weighted by Gasteiger charge is 2.59. The monoisotopic (exact) mass is 740 g/mol. The lowest BCUT2D eigenvalue weighted by atomic mass is 9.65. The van der Waals surface area contributed by atoms with Gasteiger partial charge in [0.05, 0.1) is 38.8 Å². The van der Waals surface area contributed by atoms with Crippen molar-refractivity contribution in [1.82, 2.24) is 0 Å². The molecule has 55 heavy (non-hydrogen) atoms. The van der Waals surface area contributed by atoms with Gasteiger partial charge in [-0.15, -0.1) is 8.78 Å². The van der Waals surface area contributed by atoms with Crippen molar-refractivity contribution in [3.05, 3.63) is 113 Å². The number of fused-ring (bicyclic) bond motifs is 14. The highest BCUT2D eigenvalue weighted by Crippen LogP contribution is 2.69. The molecule has 9 heteroatoms. The molecule has 11 rings (SSSR count). The maximum atomic E-state index is 15.3. The second kappa shape index (κ2) is 11.6. The Morgan fingerprint density at radius 2 is 1.62 bits per heavy atom. The van der Waals surface area contributed by atoms with E-state index < -0.39 is 11.8 Å². The zero-order valence-corrected chi connectivity index (χ0v) is 31.2. The number of alkyl halides is 2. The minimum atomic E-state index is -3.47. The van der Waals surface area contributed by atoms with Crippen LogP contribution in [-0.4, -0.2) is 53.8 Å². The Balaban J connectivity index is 1.21. The molecule has 2 saturated carbocycles. The third-order valence-corrected chi connectivity index (χ3v) is 13.6. The predicted octanol–water partition coefficient (Wildman–Crippen LogP) is 9.51. The summed E-state index contributed by atoms with van der Waals surface area (Å²) < 4.78 is 60.8. The van der Waals surface area contributed by atoms with Crippen molar-refractivity contribution < 1.29 is 32.5 Å². The topological polar surface area (TPSA) is 52.6 Å². The van der Waals surface area contributed by atoms with Gasteiger partial charge in [0.1, 0.15) is 17.2 Å². The first-order valence-electron chi connectivity index (χ1n) is 19.4. The molecular weight excluding hydrogens is 699 g/mol. The van der Waals surface area contributed by atoms with E-state index in [1.807, 2.05) is 36.4 Å². The summed E-state index contributed by atoms with van der Waals surface area (Å²) in [5, 5.41) is 1.65. The second-order valence-electron chi connectivity index (χ2n) is 16.0. The molecule has 5 aromatic carbocycles. The van der Waals surface area contributed by atoms with E-state index in [-0.39, 0.29) is 11.2 Å². The number of methoxy groups -OCH3 is 2. The smallest absolute Gasteiger partial charge is 0.496 e. The molecule has 7 nitrogen and oxygen atoms in total. The van der Waals surface area contributed by atoms with Crippen LogP contribution in [-0.2, 0) is 15.8 Å². The molecule has 280 valence electrons. The highest BCUT2D eigenvalue weighted by atomic mass is 19.3. The average molecular weight is 741 g/mol. The lowest BCUT2D eigenvalue weighted by Gasteiger charge is -2.41. The van der Waals surface area contributed by atoms with Crippen molar-refractivity contribution in [2.75, 3.05) is 57.4 Å². The van der Waals surface area contributed by atoms with Gasteiger partial charge in [-0.25, -0.2) is 0 Å². The van der Waals surface area contributed by atoms with E-state index in [1.165, 1.54) is 43.0 Å². The van der Waals surface area contributed by atoms with Crippen LogP contribution in [0.4, 0.5) is 20.2 Å². The normalized spacial score (nSPS) is 26.4. The molecule has 0 aromatic heterocycles. The highest BCUT2D eigenvalue weighted by molar-refractivity contribution is 6.10. The summed E-state index contributed by atoms with van der Waals surface area (Å²) in [6.07, 6.45) is 5.68. The van der Waals surface area contributed by atoms with Gasteiger partial charge in [0, 0.05) is 47.6 Å². The number of ether oxygens (including phenoxy) is 5. The lowest BCUT2D eigenvalue weighted by molar-refractivity contribution is -0.159. The number of hydrogen-bond donors (Lipinski definition) is 0. The van der Waals surface area contributed by atoms with Gasteiger partial charge in [-0.1, -0.05) is 55.0 Å². The minimum absolute atomic E-state index is 0.135. The van der Waals surface area contributed by atoms with Crippen molar-refractivity contribution in [1.29, 1.82) is 0 Å². The maximum absolute atomic E-state index is 15.3. The Hall–Kier alpha value is -5.28. The molecule has 5 aromatic rings. The molecule has 3 aliphatic heterocycles. The number of hydrogen-bond acceptors (Lipinski definition) is 7. The number of halogens is 2. The minimum Gasteiger partial charge on any atom is -0.497 e. The van der Waals surface area contributed by atoms with Crippen LogP contribution in [0, 0.1) is 11.8 Å². The predicted molar refractivity (Wildman–Crippen MR) is 209 cm³/mol. The molecule has 2 bridgehead atoms. The average Bonchev–Trinajstić information content (AvgIpc) is 3.97. The Bertz CT molecular complexity index is 2440. The van der Waals surface area contributed by atoms with Crippen LogP contribution in [0.1, 0.15) is 53.5 Å². The van der Waals surface area contributed by atoms with Crippen molar-refractivity contribution in [3.8, 4) is 34.1 Å². The molecule has 3 fully saturated rings. The molecule has 3 heterocycles. The zero-order chi connectivity index (χ0) is 37.3. The van der Waals surface area contributed by atoms with Crippen LogP contribution in [0.5, 0.6) is 23.0 Å². The maximum Gasteiger partial charge on any atom is 0.496 e. The molecule has 4 atom stereocenters. The van der Waals surface area contributed by atoms with Crippen LogP contribution in [0.3, 0.4) is 0 Å². The van der Waals surface area contributed by atoms with Crippen LogP contribution in [0.15, 0.2) is 84.9 Å². The largest absolute Gasteiger partial charge is 0.497 e. The van der Waals surface area contributed by atoms with Crippen LogP contribution >= 0.6 is 0 Å². The van der Waals surface area contributed by atoms with Crippen molar-refractivity contribution in [3.63, 3.8) is 0 Å². The first kappa shape index (κ1) is 33.1. The van der Waals surface area contributed by atoms with Crippen LogP contribution < -0.4 is 28.7 Å². The van der Waals surface area contributed by atoms with E-state index in [2.05, 4.69) is 53.5 Å². The third kappa shape index (κ3) is 4.44. The number of rotatable bonds is 5. The second-order valence-corrected chi connectivity index (χ2v) is 16.0. The zero-order valence-electron chi connectivity index (χ0n) is 31.2. The van der Waals surface area contributed by atoms with E-state index in [1.54, 1.807) is 20.3 Å². The van der Waals surface area contributed by atoms with Gasteiger partial charge in [0.25, 0.3) is 0 Å². The molecule has 0 amide bonds. The summed E-state index contributed by atoms with van der Waals surface area (Å²) in [5.41, 5.74) is 7.85. The van der Waals surface area contributed by atoms with Crippen molar-refractivity contribution in [2.24, 2.45) is 11.8 Å². The van der Waals surface area contributed by atoms with Gasteiger partial charge in [-0.3, -0.25) is 4.90 Å². The van der Waals surface area contributed by atoms with E-state index in [9.17, 15) is 0 Å². The van der Waals surface area contributed by atoms with E-state index in [0.29, 0.717) is 36.5 Å². The Morgan fingerprint density at radius 3 is 2.36 bits per heavy atom. The number of anilines is 2. The number of nitrogens with zero attached hydrogens (tertiary/aromatic N) is 2. The summed E-state index contributed by atoms with van der Waals surface area (Å²) in [6, 6.07) is 26.7. The Labute approximate surface area is 319 Å². The fourth-order valence-electron chi connectivity index (χ4n) is 11.1. The Kier molecular flexibility index (Phi) is 6.99. The third-order valence-electron chi connectivity index (χ3n) is 13.6. The van der Waals surface area contributed by atoms with Gasteiger partial charge in [-0.05, 0) is 101 Å². The fraction of sp³-hybridized carbons (Fsp3) is 0.348. The quantitative estimate of drug-likeness (QED) is 0.167. The summed E-state index contributed by atoms with van der Waals surface area (Å²) in [7, 11) is 4.75. The number of morpholine rings is 1. The molecule has 0 N–H and O–H groups in total. The van der Waals surface area contributed by atoms with Gasteiger partial charge in [-0.2, -0.15) is 0 Å². The summed E-state index contributed by atoms with van der Waals surface area (Å²) >= 11 is 0. The van der Waals surface area contributed by atoms with Crippen LogP contribution in [0.2, 0.25) is 0 Å². The standard InChI is InChI=1S/C46H42F2N2O5/c1-49-37-24-34-35(25-40(37)54-46(49,47)48)43-33(42-41(34)32-6-4-5-7-36(32)44(42)26-27-8-9-29(44)22-27)16-17-45(55-43,28-10-13-31(51-2)14-11-28)30-12-15-39(52-3)38(23-30)50-18-20-53-21-19-50/h4-7,10-17,23-25,27,29H,8-9,18-22,26H2,1-3H3. The molecule has 6 aliphatic rings. The molecule has 1 saturated heterocycles. The first-order chi connectivity index (χ1) is 26.8. The molecule has 1 spiro atoms. The summed E-state index contributed by atoms with van der Waals surface area (Å²) in [4.78, 5) is 3.23. The van der Waals surface area contributed by atoms with Crippen LogP contribution in [0.25, 0.3) is 28.0 Å².